The van der Waals surface area contributed by atoms with Crippen LogP contribution in [-0.2, 0) is 22.6 Å². The number of benzene rings is 1. The summed E-state index contributed by atoms with van der Waals surface area (Å²) < 4.78 is 9.72. The van der Waals surface area contributed by atoms with E-state index >= 15 is 0 Å². The lowest BCUT2D eigenvalue weighted by Gasteiger charge is -2.22. The Morgan fingerprint density at radius 1 is 1.32 bits per heavy atom. The van der Waals surface area contributed by atoms with Gasteiger partial charge in [0.2, 0.25) is 5.91 Å². The quantitative estimate of drug-likeness (QED) is 0.878. The van der Waals surface area contributed by atoms with E-state index in [1.807, 2.05) is 24.3 Å². The van der Waals surface area contributed by atoms with E-state index in [9.17, 15) is 9.59 Å². The highest BCUT2D eigenvalue weighted by Gasteiger charge is 2.22. The number of aromatic nitrogens is 2. The maximum absolute atomic E-state index is 12.6. The fraction of sp³-hybridized carbons (Fsp3) is 0.412. The highest BCUT2D eigenvalue weighted by Crippen LogP contribution is 2.25. The van der Waals surface area contributed by atoms with Crippen LogP contribution in [0.2, 0.25) is 0 Å². The number of carbonyl (C=O) groups excluding carboxylic acids is 2. The molecule has 1 aromatic carbocycles. The summed E-state index contributed by atoms with van der Waals surface area (Å²) in [5, 5.41) is 6.12. The number of nitrogens with one attached hydrogen (secondary N) is 1. The second-order valence-electron chi connectivity index (χ2n) is 5.76. The van der Waals surface area contributed by atoms with Gasteiger partial charge in [-0.1, -0.05) is 23.4 Å². The minimum absolute atomic E-state index is 0.115. The van der Waals surface area contributed by atoms with Crippen LogP contribution >= 0.6 is 0 Å². The molecule has 1 aliphatic rings. The third-order valence-electron chi connectivity index (χ3n) is 4.00. The van der Waals surface area contributed by atoms with Gasteiger partial charge in [-0.25, -0.2) is 0 Å². The number of nitrogens with zero attached hydrogens (tertiary/aromatic N) is 3. The number of hydrogen-bond donors (Lipinski definition) is 1. The zero-order valence-corrected chi connectivity index (χ0v) is 14.0. The number of aryl methyl sites for hydroxylation is 1. The zero-order valence-electron chi connectivity index (χ0n) is 14.0. The van der Waals surface area contributed by atoms with Crippen molar-refractivity contribution < 1.29 is 18.8 Å². The molecule has 0 radical (unpaired) electrons. The van der Waals surface area contributed by atoms with Crippen molar-refractivity contribution in [1.29, 1.82) is 0 Å². The maximum Gasteiger partial charge on any atom is 0.293 e. The summed E-state index contributed by atoms with van der Waals surface area (Å²) in [6.45, 7) is 0.650. The molecule has 0 fully saturated rings. The summed E-state index contributed by atoms with van der Waals surface area (Å²) in [5.41, 5.74) is 2.07. The first-order valence-corrected chi connectivity index (χ1v) is 8.17. The minimum Gasteiger partial charge on any atom is -0.375 e. The molecule has 0 saturated heterocycles. The van der Waals surface area contributed by atoms with E-state index in [1.165, 1.54) is 7.11 Å². The van der Waals surface area contributed by atoms with Crippen LogP contribution in [0.4, 0.5) is 5.69 Å². The first-order chi connectivity index (χ1) is 12.2. The summed E-state index contributed by atoms with van der Waals surface area (Å²) in [7, 11) is 1.49. The molecule has 0 spiro atoms. The van der Waals surface area contributed by atoms with Gasteiger partial charge >= 0.3 is 0 Å². The maximum atomic E-state index is 12.6. The Balaban J connectivity index is 1.63. The predicted octanol–water partition coefficient (Wildman–Crippen LogP) is 1.32. The fourth-order valence-corrected chi connectivity index (χ4v) is 2.81. The van der Waals surface area contributed by atoms with Gasteiger partial charge in [-0.2, -0.15) is 4.98 Å². The molecule has 3 rings (SSSR count). The van der Waals surface area contributed by atoms with Crippen LogP contribution in [0, 0.1) is 0 Å². The standard InChI is InChI=1S/C17H20N4O4/c1-24-11-14-19-16(20-25-14)17(23)18-10-15(22)21-9-5-4-7-12-6-2-3-8-13(12)21/h2-3,6,8H,4-5,7,9-11H2,1H3,(H,18,23). The van der Waals surface area contributed by atoms with Crippen LogP contribution in [0.15, 0.2) is 28.8 Å². The molecule has 132 valence electrons. The summed E-state index contributed by atoms with van der Waals surface area (Å²) >= 11 is 0. The molecule has 1 N–H and O–H groups in total. The lowest BCUT2D eigenvalue weighted by molar-refractivity contribution is -0.117. The fourth-order valence-electron chi connectivity index (χ4n) is 2.81. The Hall–Kier alpha value is -2.74. The van der Waals surface area contributed by atoms with E-state index in [-0.39, 0.29) is 30.8 Å². The van der Waals surface area contributed by atoms with E-state index in [0.29, 0.717) is 6.54 Å². The highest BCUT2D eigenvalue weighted by atomic mass is 16.5. The van der Waals surface area contributed by atoms with Crippen LogP contribution in [-0.4, -0.2) is 42.2 Å². The summed E-state index contributed by atoms with van der Waals surface area (Å²) in [4.78, 5) is 30.3. The smallest absolute Gasteiger partial charge is 0.293 e. The molecule has 0 saturated carbocycles. The average molecular weight is 344 g/mol. The predicted molar refractivity (Wildman–Crippen MR) is 89.1 cm³/mol. The lowest BCUT2D eigenvalue weighted by atomic mass is 10.1. The molecule has 2 amide bonds. The largest absolute Gasteiger partial charge is 0.375 e. The summed E-state index contributed by atoms with van der Waals surface area (Å²) in [5.74, 6) is -0.623. The number of methoxy groups -OCH3 is 1. The molecule has 0 aliphatic carbocycles. The Morgan fingerprint density at radius 3 is 3.00 bits per heavy atom. The second-order valence-corrected chi connectivity index (χ2v) is 5.76. The molecule has 25 heavy (non-hydrogen) atoms. The Bertz CT molecular complexity index is 759. The van der Waals surface area contributed by atoms with Crippen LogP contribution < -0.4 is 10.2 Å². The van der Waals surface area contributed by atoms with E-state index < -0.39 is 5.91 Å². The highest BCUT2D eigenvalue weighted by molar-refractivity contribution is 5.99. The molecule has 0 atom stereocenters. The Morgan fingerprint density at radius 2 is 2.16 bits per heavy atom. The van der Waals surface area contributed by atoms with Crippen LogP contribution in [0.3, 0.4) is 0 Å². The van der Waals surface area contributed by atoms with Gasteiger partial charge in [0.1, 0.15) is 6.61 Å². The number of rotatable bonds is 5. The molecule has 2 aromatic rings. The molecule has 0 bridgehead atoms. The van der Waals surface area contributed by atoms with Gasteiger partial charge in [-0.05, 0) is 30.9 Å². The van der Waals surface area contributed by atoms with Gasteiger partial charge in [0.05, 0.1) is 6.54 Å². The summed E-state index contributed by atoms with van der Waals surface area (Å²) in [6, 6.07) is 7.87. The van der Waals surface area contributed by atoms with Crippen molar-refractivity contribution in [2.75, 3.05) is 25.1 Å². The second kappa shape index (κ2) is 7.89. The minimum atomic E-state index is -0.553. The van der Waals surface area contributed by atoms with Crippen LogP contribution in [0.5, 0.6) is 0 Å². The van der Waals surface area contributed by atoms with Crippen molar-refractivity contribution in [3.63, 3.8) is 0 Å². The molecule has 1 aliphatic heterocycles. The molecule has 1 aromatic heterocycles. The topological polar surface area (TPSA) is 97.6 Å². The number of ether oxygens (including phenoxy) is 1. The van der Waals surface area contributed by atoms with E-state index in [4.69, 9.17) is 9.26 Å². The number of anilines is 1. The monoisotopic (exact) mass is 344 g/mol. The summed E-state index contributed by atoms with van der Waals surface area (Å²) in [6.07, 6.45) is 2.93. The van der Waals surface area contributed by atoms with Gasteiger partial charge in [0.15, 0.2) is 0 Å². The third-order valence-corrected chi connectivity index (χ3v) is 4.00. The van der Waals surface area contributed by atoms with Crippen molar-refractivity contribution in [2.45, 2.75) is 25.9 Å². The average Bonchev–Trinajstić information content (AvgIpc) is 2.98. The first-order valence-electron chi connectivity index (χ1n) is 8.17. The van der Waals surface area contributed by atoms with Gasteiger partial charge in [-0.15, -0.1) is 0 Å². The van der Waals surface area contributed by atoms with Crippen molar-refractivity contribution in [2.24, 2.45) is 0 Å². The van der Waals surface area contributed by atoms with Crippen molar-refractivity contribution in [3.8, 4) is 0 Å². The molecule has 0 unspecified atom stereocenters. The molecular formula is C17H20N4O4. The normalized spacial score (nSPS) is 13.9. The molecular weight excluding hydrogens is 324 g/mol. The molecule has 2 heterocycles. The number of fused-ring (bicyclic) bond motifs is 1. The van der Waals surface area contributed by atoms with E-state index in [2.05, 4.69) is 15.5 Å². The van der Waals surface area contributed by atoms with Crippen molar-refractivity contribution >= 4 is 17.5 Å². The van der Waals surface area contributed by atoms with Crippen molar-refractivity contribution in [1.82, 2.24) is 15.5 Å². The number of para-hydroxylation sites is 1. The van der Waals surface area contributed by atoms with Gasteiger partial charge in [0.25, 0.3) is 17.6 Å². The van der Waals surface area contributed by atoms with E-state index in [1.54, 1.807) is 4.90 Å². The van der Waals surface area contributed by atoms with Gasteiger partial charge < -0.3 is 19.5 Å². The zero-order chi connectivity index (χ0) is 17.6. The molecule has 8 nitrogen and oxygen atoms in total. The Labute approximate surface area is 145 Å². The van der Waals surface area contributed by atoms with Gasteiger partial charge in [0, 0.05) is 19.3 Å². The number of amides is 2. The Kier molecular flexibility index (Phi) is 5.39. The number of carbonyl (C=O) groups is 2. The van der Waals surface area contributed by atoms with E-state index in [0.717, 1.165) is 30.5 Å². The third kappa shape index (κ3) is 4.03. The van der Waals surface area contributed by atoms with Crippen LogP contribution in [0.1, 0.15) is 34.9 Å². The van der Waals surface area contributed by atoms with Crippen molar-refractivity contribution in [3.05, 3.63) is 41.5 Å². The lowest BCUT2D eigenvalue weighted by Crippen LogP contribution is -2.41. The van der Waals surface area contributed by atoms with Crippen LogP contribution in [0.25, 0.3) is 0 Å². The molecule has 8 heteroatoms. The SMILES string of the molecule is COCc1nc(C(=O)NCC(=O)N2CCCCc3ccccc32)no1. The number of hydrogen-bond acceptors (Lipinski definition) is 6. The van der Waals surface area contributed by atoms with Gasteiger partial charge in [-0.3, -0.25) is 9.59 Å². The first kappa shape index (κ1) is 17.1.